The Hall–Kier alpha value is -3.05. The lowest BCUT2D eigenvalue weighted by atomic mass is 10.3. The monoisotopic (exact) mass is 460 g/mol. The van der Waals surface area contributed by atoms with Gasteiger partial charge in [-0.1, -0.05) is 6.07 Å². The summed E-state index contributed by atoms with van der Waals surface area (Å²) < 4.78 is 46.2. The van der Waals surface area contributed by atoms with Crippen LogP contribution >= 0.6 is 0 Å². The number of alkyl halides is 2. The Morgan fingerprint density at radius 2 is 1.55 bits per heavy atom. The van der Waals surface area contributed by atoms with Gasteiger partial charge in [0.1, 0.15) is 22.9 Å². The second-order valence-corrected chi connectivity index (χ2v) is 7.75. The molecule has 33 heavy (non-hydrogen) atoms. The third-order valence-electron chi connectivity index (χ3n) is 5.73. The predicted molar refractivity (Wildman–Crippen MR) is 119 cm³/mol. The molecule has 1 aromatic carbocycles. The number of aromatic nitrogens is 4. The number of halogens is 2. The smallest absolute Gasteiger partial charge is 0.296 e. The van der Waals surface area contributed by atoms with Gasteiger partial charge in [0.05, 0.1) is 38.6 Å². The maximum absolute atomic E-state index is 14.1. The van der Waals surface area contributed by atoms with Crippen LogP contribution in [-0.2, 0) is 9.47 Å². The minimum Gasteiger partial charge on any atom is -0.492 e. The van der Waals surface area contributed by atoms with Crippen LogP contribution in [0.3, 0.4) is 0 Å². The number of morpholine rings is 2. The summed E-state index contributed by atoms with van der Waals surface area (Å²) in [6, 6.07) is 7.13. The summed E-state index contributed by atoms with van der Waals surface area (Å²) in [5, 5.41) is 0. The number of imidazole rings is 1. The van der Waals surface area contributed by atoms with Crippen molar-refractivity contribution in [3.05, 3.63) is 30.1 Å². The summed E-state index contributed by atoms with van der Waals surface area (Å²) in [5.74, 6) is 1.55. The van der Waals surface area contributed by atoms with Gasteiger partial charge in [-0.15, -0.1) is 0 Å². The van der Waals surface area contributed by atoms with Crippen molar-refractivity contribution in [3.8, 4) is 11.7 Å². The third kappa shape index (κ3) is 4.30. The first-order valence-corrected chi connectivity index (χ1v) is 11.1. The van der Waals surface area contributed by atoms with Gasteiger partial charge in [0, 0.05) is 32.2 Å². The van der Waals surface area contributed by atoms with E-state index < -0.39 is 12.2 Å². The first-order chi connectivity index (χ1) is 16.2. The Bertz CT molecular complexity index is 1080. The molecule has 2 aliphatic rings. The van der Waals surface area contributed by atoms with Gasteiger partial charge in [-0.2, -0.15) is 9.97 Å². The van der Waals surface area contributed by atoms with Crippen molar-refractivity contribution in [2.24, 2.45) is 0 Å². The average molecular weight is 460 g/mol. The summed E-state index contributed by atoms with van der Waals surface area (Å²) in [6.45, 7) is 7.24. The van der Waals surface area contributed by atoms with Crippen LogP contribution in [0.25, 0.3) is 17.0 Å². The summed E-state index contributed by atoms with van der Waals surface area (Å²) in [5.41, 5.74) is 0.839. The minimum atomic E-state index is -2.81. The van der Waals surface area contributed by atoms with E-state index >= 15 is 0 Å². The van der Waals surface area contributed by atoms with Crippen LogP contribution in [0.4, 0.5) is 20.4 Å². The molecule has 0 radical (unpaired) electrons. The molecule has 4 heterocycles. The van der Waals surface area contributed by atoms with E-state index in [-0.39, 0.29) is 5.95 Å². The first-order valence-electron chi connectivity index (χ1n) is 11.1. The highest BCUT2D eigenvalue weighted by Gasteiger charge is 2.26. The van der Waals surface area contributed by atoms with Gasteiger partial charge in [0.25, 0.3) is 6.43 Å². The fourth-order valence-electron chi connectivity index (χ4n) is 4.14. The highest BCUT2D eigenvalue weighted by molar-refractivity contribution is 5.84. The molecule has 0 unspecified atom stereocenters. The Morgan fingerprint density at radius 3 is 2.09 bits per heavy atom. The number of benzene rings is 1. The molecule has 0 aliphatic carbocycles. The Labute approximate surface area is 189 Å². The van der Waals surface area contributed by atoms with Gasteiger partial charge in [-0.05, 0) is 19.1 Å². The predicted octanol–water partition coefficient (Wildman–Crippen LogP) is 2.83. The van der Waals surface area contributed by atoms with E-state index in [4.69, 9.17) is 24.2 Å². The number of hydrogen-bond donors (Lipinski definition) is 0. The van der Waals surface area contributed by atoms with Crippen LogP contribution in [0, 0.1) is 0 Å². The van der Waals surface area contributed by atoms with Crippen LogP contribution in [0.1, 0.15) is 19.2 Å². The SMILES string of the molecule is CCOc1cccc2c1nc(C(F)F)n2-c1nc(N2CCOCC2)cc(N2CCOCC2)n1. The van der Waals surface area contributed by atoms with Crippen LogP contribution in [0.2, 0.25) is 0 Å². The van der Waals surface area contributed by atoms with Crippen LogP contribution in [0.5, 0.6) is 5.75 Å². The van der Waals surface area contributed by atoms with Crippen molar-refractivity contribution in [1.82, 2.24) is 19.5 Å². The fourth-order valence-corrected chi connectivity index (χ4v) is 4.14. The highest BCUT2D eigenvalue weighted by atomic mass is 19.3. The number of nitrogens with zero attached hydrogens (tertiary/aromatic N) is 6. The molecule has 0 amide bonds. The quantitative estimate of drug-likeness (QED) is 0.556. The molecule has 0 N–H and O–H groups in total. The van der Waals surface area contributed by atoms with Gasteiger partial charge < -0.3 is 24.0 Å². The maximum atomic E-state index is 14.1. The molecule has 2 aromatic heterocycles. The highest BCUT2D eigenvalue weighted by Crippen LogP contribution is 2.33. The number of ether oxygens (including phenoxy) is 3. The minimum absolute atomic E-state index is 0.159. The molecule has 3 aromatic rings. The molecule has 9 nitrogen and oxygen atoms in total. The molecule has 5 rings (SSSR count). The first kappa shape index (κ1) is 21.8. The molecule has 0 spiro atoms. The number of para-hydroxylation sites is 1. The van der Waals surface area contributed by atoms with E-state index in [1.165, 1.54) is 4.57 Å². The Balaban J connectivity index is 1.69. The lowest BCUT2D eigenvalue weighted by Gasteiger charge is -2.31. The molecule has 2 fully saturated rings. The van der Waals surface area contributed by atoms with Crippen LogP contribution < -0.4 is 14.5 Å². The number of anilines is 2. The van der Waals surface area contributed by atoms with Gasteiger partial charge in [-0.25, -0.2) is 13.8 Å². The largest absolute Gasteiger partial charge is 0.492 e. The molecular formula is C22H26F2N6O3. The standard InChI is InChI=1S/C22H26F2N6O3/c1-2-33-16-5-3-4-15-19(16)27-21(20(23)24)30(15)22-25-17(28-6-10-31-11-7-28)14-18(26-22)29-8-12-32-13-9-29/h3-5,14,20H,2,6-13H2,1H3. The van der Waals surface area contributed by atoms with E-state index in [1.807, 2.05) is 13.0 Å². The fraction of sp³-hybridized carbons (Fsp3) is 0.500. The van der Waals surface area contributed by atoms with Gasteiger partial charge >= 0.3 is 0 Å². The Morgan fingerprint density at radius 1 is 0.939 bits per heavy atom. The zero-order chi connectivity index (χ0) is 22.8. The molecule has 176 valence electrons. The van der Waals surface area contributed by atoms with Crippen LogP contribution in [-0.4, -0.2) is 78.7 Å². The second-order valence-electron chi connectivity index (χ2n) is 7.75. The van der Waals surface area contributed by atoms with E-state index in [1.54, 1.807) is 18.2 Å². The van der Waals surface area contributed by atoms with E-state index in [2.05, 4.69) is 14.8 Å². The van der Waals surface area contributed by atoms with Crippen molar-refractivity contribution in [1.29, 1.82) is 0 Å². The van der Waals surface area contributed by atoms with Crippen LogP contribution in [0.15, 0.2) is 24.3 Å². The topological polar surface area (TPSA) is 77.8 Å². The van der Waals surface area contributed by atoms with Gasteiger partial charge in [-0.3, -0.25) is 4.57 Å². The second kappa shape index (κ2) is 9.44. The summed E-state index contributed by atoms with van der Waals surface area (Å²) in [7, 11) is 0. The molecule has 2 aliphatic heterocycles. The number of rotatable bonds is 6. The van der Waals surface area contributed by atoms with Gasteiger partial charge in [0.15, 0.2) is 5.82 Å². The molecule has 11 heteroatoms. The van der Waals surface area contributed by atoms with Crippen molar-refractivity contribution < 1.29 is 23.0 Å². The number of fused-ring (bicyclic) bond motifs is 1. The van der Waals surface area contributed by atoms with Crippen molar-refractivity contribution in [2.45, 2.75) is 13.3 Å². The lowest BCUT2D eigenvalue weighted by Crippen LogP contribution is -2.39. The van der Waals surface area contributed by atoms with E-state index in [9.17, 15) is 8.78 Å². The van der Waals surface area contributed by atoms with E-state index in [0.717, 1.165) is 0 Å². The lowest BCUT2D eigenvalue weighted by molar-refractivity contribution is 0.122. The van der Waals surface area contributed by atoms with Crippen molar-refractivity contribution in [2.75, 3.05) is 69.0 Å². The van der Waals surface area contributed by atoms with Gasteiger partial charge in [0.2, 0.25) is 5.95 Å². The molecule has 2 saturated heterocycles. The summed E-state index contributed by atoms with van der Waals surface area (Å²) in [4.78, 5) is 17.8. The van der Waals surface area contributed by atoms with Crippen molar-refractivity contribution >= 4 is 22.7 Å². The average Bonchev–Trinajstić information content (AvgIpc) is 3.26. The normalized spacial score (nSPS) is 17.2. The zero-order valence-electron chi connectivity index (χ0n) is 18.4. The third-order valence-corrected chi connectivity index (χ3v) is 5.73. The van der Waals surface area contributed by atoms with Crippen molar-refractivity contribution in [3.63, 3.8) is 0 Å². The zero-order valence-corrected chi connectivity index (χ0v) is 18.4. The maximum Gasteiger partial charge on any atom is 0.296 e. The molecule has 0 atom stereocenters. The molecular weight excluding hydrogens is 434 g/mol. The molecule has 0 bridgehead atoms. The summed E-state index contributed by atoms with van der Waals surface area (Å²) in [6.07, 6.45) is -2.81. The van der Waals surface area contributed by atoms with E-state index in [0.29, 0.717) is 87.6 Å². The Kier molecular flexibility index (Phi) is 6.23. The summed E-state index contributed by atoms with van der Waals surface area (Å²) >= 11 is 0. The number of hydrogen-bond acceptors (Lipinski definition) is 8. The molecule has 0 saturated carbocycles.